The van der Waals surface area contributed by atoms with E-state index in [-0.39, 0.29) is 18.1 Å². The summed E-state index contributed by atoms with van der Waals surface area (Å²) in [7, 11) is 0. The molecular formula is C13H19NO2S. The lowest BCUT2D eigenvalue weighted by atomic mass is 10.2. The molecule has 0 aliphatic carbocycles. The molecule has 0 saturated carbocycles. The van der Waals surface area contributed by atoms with Gasteiger partial charge in [-0.3, -0.25) is 4.79 Å². The highest BCUT2D eigenvalue weighted by molar-refractivity contribution is 7.14. The molecule has 0 N–H and O–H groups in total. The lowest BCUT2D eigenvalue weighted by Crippen LogP contribution is -2.48. The second-order valence-corrected chi connectivity index (χ2v) is 5.76. The Balaban J connectivity index is 2.08. The van der Waals surface area contributed by atoms with Gasteiger partial charge in [0.2, 0.25) is 0 Å². The van der Waals surface area contributed by atoms with Crippen molar-refractivity contribution in [2.75, 3.05) is 13.1 Å². The van der Waals surface area contributed by atoms with Crippen molar-refractivity contribution in [3.05, 3.63) is 21.9 Å². The van der Waals surface area contributed by atoms with Crippen LogP contribution < -0.4 is 0 Å². The number of carbonyl (C=O) groups excluding carboxylic acids is 1. The fourth-order valence-electron chi connectivity index (χ4n) is 2.18. The normalized spacial score (nSPS) is 25.0. The molecule has 1 aliphatic heterocycles. The molecule has 0 radical (unpaired) electrons. The van der Waals surface area contributed by atoms with Crippen LogP contribution in [0, 0.1) is 0 Å². The maximum Gasteiger partial charge on any atom is 0.264 e. The molecule has 0 aromatic carbocycles. The molecule has 1 aromatic heterocycles. The van der Waals surface area contributed by atoms with Gasteiger partial charge in [0.1, 0.15) is 0 Å². The van der Waals surface area contributed by atoms with E-state index in [0.717, 1.165) is 11.3 Å². The number of morpholine rings is 1. The van der Waals surface area contributed by atoms with Crippen LogP contribution >= 0.6 is 11.3 Å². The van der Waals surface area contributed by atoms with Crippen LogP contribution in [0.4, 0.5) is 0 Å². The van der Waals surface area contributed by atoms with Crippen molar-refractivity contribution < 1.29 is 9.53 Å². The van der Waals surface area contributed by atoms with Gasteiger partial charge in [0.05, 0.1) is 17.1 Å². The van der Waals surface area contributed by atoms with Crippen molar-refractivity contribution in [3.8, 4) is 0 Å². The fourth-order valence-corrected chi connectivity index (χ4v) is 3.10. The minimum absolute atomic E-state index is 0.133. The summed E-state index contributed by atoms with van der Waals surface area (Å²) >= 11 is 1.61. The zero-order chi connectivity index (χ0) is 12.4. The maximum absolute atomic E-state index is 12.3. The summed E-state index contributed by atoms with van der Waals surface area (Å²) in [6.45, 7) is 7.54. The first-order valence-electron chi connectivity index (χ1n) is 6.13. The molecule has 1 amide bonds. The summed E-state index contributed by atoms with van der Waals surface area (Å²) in [5.74, 6) is 0.150. The molecule has 1 fully saturated rings. The van der Waals surface area contributed by atoms with E-state index in [1.54, 1.807) is 11.3 Å². The summed E-state index contributed by atoms with van der Waals surface area (Å²) in [5.41, 5.74) is 0. The standard InChI is InChI=1S/C13H19NO2S/c1-4-11-5-6-12(17-11)13(15)14-7-9(2)16-10(3)8-14/h5-6,9-10H,4,7-8H2,1-3H3/t9-,10-/m0/s1. The molecule has 3 nitrogen and oxygen atoms in total. The number of thiophene rings is 1. The van der Waals surface area contributed by atoms with Gasteiger partial charge < -0.3 is 9.64 Å². The number of ether oxygens (including phenoxy) is 1. The summed E-state index contributed by atoms with van der Waals surface area (Å²) in [6, 6.07) is 3.99. The Morgan fingerprint density at radius 1 is 1.41 bits per heavy atom. The third-order valence-electron chi connectivity index (χ3n) is 2.93. The minimum atomic E-state index is 0.133. The highest BCUT2D eigenvalue weighted by Gasteiger charge is 2.27. The largest absolute Gasteiger partial charge is 0.372 e. The number of nitrogens with zero attached hydrogens (tertiary/aromatic N) is 1. The van der Waals surface area contributed by atoms with Crippen LogP contribution in [0.2, 0.25) is 0 Å². The van der Waals surface area contributed by atoms with E-state index in [4.69, 9.17) is 4.74 Å². The highest BCUT2D eigenvalue weighted by Crippen LogP contribution is 2.21. The van der Waals surface area contributed by atoms with E-state index >= 15 is 0 Å². The Morgan fingerprint density at radius 2 is 2.06 bits per heavy atom. The maximum atomic E-state index is 12.3. The Labute approximate surface area is 106 Å². The Morgan fingerprint density at radius 3 is 2.59 bits per heavy atom. The predicted molar refractivity (Wildman–Crippen MR) is 69.6 cm³/mol. The van der Waals surface area contributed by atoms with E-state index < -0.39 is 0 Å². The van der Waals surface area contributed by atoms with Crippen molar-refractivity contribution in [2.45, 2.75) is 39.4 Å². The van der Waals surface area contributed by atoms with Crippen LogP contribution in [0.25, 0.3) is 0 Å². The van der Waals surface area contributed by atoms with Gasteiger partial charge in [-0.1, -0.05) is 6.92 Å². The first kappa shape index (κ1) is 12.6. The summed E-state index contributed by atoms with van der Waals surface area (Å²) in [6.07, 6.45) is 1.26. The van der Waals surface area contributed by atoms with E-state index in [2.05, 4.69) is 6.92 Å². The molecule has 2 rings (SSSR count). The van der Waals surface area contributed by atoms with Gasteiger partial charge in [-0.15, -0.1) is 11.3 Å². The number of hydrogen-bond acceptors (Lipinski definition) is 3. The number of amides is 1. The van der Waals surface area contributed by atoms with Crippen LogP contribution in [-0.4, -0.2) is 36.1 Å². The Bertz CT molecular complexity index is 392. The van der Waals surface area contributed by atoms with Gasteiger partial charge in [0, 0.05) is 18.0 Å². The molecule has 2 atom stereocenters. The topological polar surface area (TPSA) is 29.5 Å². The van der Waals surface area contributed by atoms with Crippen LogP contribution in [0.1, 0.15) is 35.3 Å². The SMILES string of the molecule is CCc1ccc(C(=O)N2C[C@H](C)O[C@@H](C)C2)s1. The molecule has 0 bridgehead atoms. The van der Waals surface area contributed by atoms with Gasteiger partial charge in [-0.25, -0.2) is 0 Å². The van der Waals surface area contributed by atoms with Gasteiger partial charge in [0.25, 0.3) is 5.91 Å². The summed E-state index contributed by atoms with van der Waals surface area (Å²) < 4.78 is 5.64. The lowest BCUT2D eigenvalue weighted by molar-refractivity contribution is -0.0585. The predicted octanol–water partition coefficient (Wildman–Crippen LogP) is 2.56. The quantitative estimate of drug-likeness (QED) is 0.810. The fraction of sp³-hybridized carbons (Fsp3) is 0.615. The molecule has 17 heavy (non-hydrogen) atoms. The second kappa shape index (κ2) is 5.19. The van der Waals surface area contributed by atoms with Gasteiger partial charge in [0.15, 0.2) is 0 Å². The van der Waals surface area contributed by atoms with Crippen LogP contribution in [0.15, 0.2) is 12.1 Å². The van der Waals surface area contributed by atoms with Crippen molar-refractivity contribution in [3.63, 3.8) is 0 Å². The average Bonchev–Trinajstić information content (AvgIpc) is 2.75. The smallest absolute Gasteiger partial charge is 0.264 e. The van der Waals surface area contributed by atoms with Crippen LogP contribution in [0.3, 0.4) is 0 Å². The molecular weight excluding hydrogens is 234 g/mol. The third kappa shape index (κ3) is 2.87. The number of carbonyl (C=O) groups is 1. The molecule has 0 spiro atoms. The summed E-state index contributed by atoms with van der Waals surface area (Å²) in [4.78, 5) is 16.3. The number of hydrogen-bond donors (Lipinski definition) is 0. The molecule has 1 aliphatic rings. The van der Waals surface area contributed by atoms with E-state index in [1.165, 1.54) is 4.88 Å². The monoisotopic (exact) mass is 253 g/mol. The summed E-state index contributed by atoms with van der Waals surface area (Å²) in [5, 5.41) is 0. The zero-order valence-corrected chi connectivity index (χ0v) is 11.4. The molecule has 1 aromatic rings. The van der Waals surface area contributed by atoms with Crippen LogP contribution in [-0.2, 0) is 11.2 Å². The van der Waals surface area contributed by atoms with E-state index in [1.807, 2.05) is 30.9 Å². The highest BCUT2D eigenvalue weighted by atomic mass is 32.1. The molecule has 2 heterocycles. The van der Waals surface area contributed by atoms with Crippen molar-refractivity contribution in [1.29, 1.82) is 0 Å². The first-order chi connectivity index (χ1) is 8.10. The lowest BCUT2D eigenvalue weighted by Gasteiger charge is -2.35. The van der Waals surface area contributed by atoms with E-state index in [0.29, 0.717) is 13.1 Å². The van der Waals surface area contributed by atoms with Gasteiger partial charge in [-0.05, 0) is 32.4 Å². The van der Waals surface area contributed by atoms with Crippen LogP contribution in [0.5, 0.6) is 0 Å². The molecule has 0 unspecified atom stereocenters. The van der Waals surface area contributed by atoms with Crippen molar-refractivity contribution >= 4 is 17.2 Å². The number of aryl methyl sites for hydroxylation is 1. The van der Waals surface area contributed by atoms with Crippen molar-refractivity contribution in [1.82, 2.24) is 4.90 Å². The molecule has 94 valence electrons. The van der Waals surface area contributed by atoms with E-state index in [9.17, 15) is 4.79 Å². The Kier molecular flexibility index (Phi) is 3.84. The first-order valence-corrected chi connectivity index (χ1v) is 6.95. The minimum Gasteiger partial charge on any atom is -0.372 e. The number of rotatable bonds is 2. The van der Waals surface area contributed by atoms with Gasteiger partial charge in [-0.2, -0.15) is 0 Å². The second-order valence-electron chi connectivity index (χ2n) is 4.59. The zero-order valence-electron chi connectivity index (χ0n) is 10.6. The average molecular weight is 253 g/mol. The third-order valence-corrected chi connectivity index (χ3v) is 4.15. The molecule has 1 saturated heterocycles. The van der Waals surface area contributed by atoms with Crippen molar-refractivity contribution in [2.24, 2.45) is 0 Å². The Hall–Kier alpha value is -0.870. The molecule has 4 heteroatoms. The van der Waals surface area contributed by atoms with Gasteiger partial charge >= 0.3 is 0 Å².